The Morgan fingerprint density at radius 3 is 2.79 bits per heavy atom. The van der Waals surface area contributed by atoms with E-state index in [4.69, 9.17) is 10.5 Å². The quantitative estimate of drug-likeness (QED) is 0.724. The fraction of sp³-hybridized carbons (Fsp3) is 0.133. The lowest BCUT2D eigenvalue weighted by Gasteiger charge is -2.06. The summed E-state index contributed by atoms with van der Waals surface area (Å²) in [6.07, 6.45) is 0.964. The van der Waals surface area contributed by atoms with Crippen molar-refractivity contribution in [1.29, 1.82) is 0 Å². The van der Waals surface area contributed by atoms with Crippen molar-refractivity contribution < 1.29 is 4.74 Å². The standard InChI is InChI=1S/C15H14N2OS/c1-2-10-7-8-13(11(16)9-10)18-15-17-12-5-3-4-6-14(12)19-15/h3-9H,2,16H2,1H3. The Morgan fingerprint density at radius 2 is 2.05 bits per heavy atom. The number of benzene rings is 2. The SMILES string of the molecule is CCc1ccc(Oc2nc3ccccc3s2)c(N)c1. The number of para-hydroxylation sites is 1. The summed E-state index contributed by atoms with van der Waals surface area (Å²) in [6.45, 7) is 2.10. The van der Waals surface area contributed by atoms with Crippen LogP contribution in [0.15, 0.2) is 42.5 Å². The molecule has 19 heavy (non-hydrogen) atoms. The highest BCUT2D eigenvalue weighted by Gasteiger charge is 2.08. The Hall–Kier alpha value is -2.07. The maximum atomic E-state index is 5.99. The normalized spacial score (nSPS) is 10.8. The lowest BCUT2D eigenvalue weighted by atomic mass is 10.1. The number of anilines is 1. The smallest absolute Gasteiger partial charge is 0.279 e. The van der Waals surface area contributed by atoms with Crippen LogP contribution in [0.25, 0.3) is 10.2 Å². The van der Waals surface area contributed by atoms with Gasteiger partial charge < -0.3 is 10.5 Å². The van der Waals surface area contributed by atoms with Crippen LogP contribution < -0.4 is 10.5 Å². The zero-order valence-electron chi connectivity index (χ0n) is 10.6. The van der Waals surface area contributed by atoms with Crippen LogP contribution in [0.5, 0.6) is 10.9 Å². The molecule has 0 bridgehead atoms. The van der Waals surface area contributed by atoms with Crippen molar-refractivity contribution in [2.45, 2.75) is 13.3 Å². The van der Waals surface area contributed by atoms with E-state index in [2.05, 4.69) is 11.9 Å². The fourth-order valence-electron chi connectivity index (χ4n) is 1.90. The Balaban J connectivity index is 1.92. The lowest BCUT2D eigenvalue weighted by Crippen LogP contribution is -1.93. The van der Waals surface area contributed by atoms with E-state index < -0.39 is 0 Å². The monoisotopic (exact) mass is 270 g/mol. The molecule has 3 rings (SSSR count). The van der Waals surface area contributed by atoms with Gasteiger partial charge in [-0.1, -0.05) is 36.5 Å². The first kappa shape index (κ1) is 12.0. The van der Waals surface area contributed by atoms with Crippen LogP contribution in [-0.2, 0) is 6.42 Å². The lowest BCUT2D eigenvalue weighted by molar-refractivity contribution is 0.482. The number of thiazole rings is 1. The maximum Gasteiger partial charge on any atom is 0.279 e. The number of nitrogens with zero attached hydrogens (tertiary/aromatic N) is 1. The molecule has 1 heterocycles. The van der Waals surface area contributed by atoms with Gasteiger partial charge in [-0.2, -0.15) is 0 Å². The molecule has 0 fully saturated rings. The average molecular weight is 270 g/mol. The molecule has 0 spiro atoms. The number of rotatable bonds is 3. The molecule has 0 radical (unpaired) electrons. The first-order chi connectivity index (χ1) is 9.26. The Kier molecular flexibility index (Phi) is 3.09. The fourth-order valence-corrected chi connectivity index (χ4v) is 2.73. The van der Waals surface area contributed by atoms with E-state index in [9.17, 15) is 0 Å². The maximum absolute atomic E-state index is 5.99. The first-order valence-electron chi connectivity index (χ1n) is 6.18. The highest BCUT2D eigenvalue weighted by molar-refractivity contribution is 7.20. The molecule has 4 heteroatoms. The molecule has 0 saturated carbocycles. The number of fused-ring (bicyclic) bond motifs is 1. The Morgan fingerprint density at radius 1 is 1.21 bits per heavy atom. The summed E-state index contributed by atoms with van der Waals surface area (Å²) in [6, 6.07) is 13.8. The zero-order valence-corrected chi connectivity index (χ0v) is 11.4. The minimum absolute atomic E-state index is 0.622. The van der Waals surface area contributed by atoms with Crippen LogP contribution in [-0.4, -0.2) is 4.98 Å². The number of hydrogen-bond donors (Lipinski definition) is 1. The van der Waals surface area contributed by atoms with Crippen molar-refractivity contribution in [3.05, 3.63) is 48.0 Å². The molecule has 3 aromatic rings. The van der Waals surface area contributed by atoms with Gasteiger partial charge in [0.2, 0.25) is 0 Å². The molecule has 0 aliphatic rings. The predicted molar refractivity (Wildman–Crippen MR) is 79.9 cm³/mol. The van der Waals surface area contributed by atoms with Gasteiger partial charge in [0.25, 0.3) is 5.19 Å². The summed E-state index contributed by atoms with van der Waals surface area (Å²) in [5, 5.41) is 0.622. The highest BCUT2D eigenvalue weighted by Crippen LogP contribution is 2.33. The second-order valence-corrected chi connectivity index (χ2v) is 5.27. The van der Waals surface area contributed by atoms with Gasteiger partial charge >= 0.3 is 0 Å². The minimum Gasteiger partial charge on any atom is -0.429 e. The molecular formula is C15H14N2OS. The summed E-state index contributed by atoms with van der Waals surface area (Å²) in [5.41, 5.74) is 8.80. The number of aryl methyl sites for hydroxylation is 1. The van der Waals surface area contributed by atoms with Crippen LogP contribution in [0.1, 0.15) is 12.5 Å². The van der Waals surface area contributed by atoms with Crippen molar-refractivity contribution in [1.82, 2.24) is 4.98 Å². The van der Waals surface area contributed by atoms with Gasteiger partial charge in [0.1, 0.15) is 0 Å². The van der Waals surface area contributed by atoms with Gasteiger partial charge in [-0.25, -0.2) is 4.98 Å². The van der Waals surface area contributed by atoms with E-state index in [1.165, 1.54) is 16.9 Å². The van der Waals surface area contributed by atoms with Crippen molar-refractivity contribution in [3.63, 3.8) is 0 Å². The molecule has 96 valence electrons. The minimum atomic E-state index is 0.622. The molecular weight excluding hydrogens is 256 g/mol. The van der Waals surface area contributed by atoms with Crippen molar-refractivity contribution in [2.24, 2.45) is 0 Å². The number of aromatic nitrogens is 1. The van der Waals surface area contributed by atoms with Gasteiger partial charge in [-0.3, -0.25) is 0 Å². The van der Waals surface area contributed by atoms with Gasteiger partial charge in [0, 0.05) is 0 Å². The van der Waals surface area contributed by atoms with Crippen molar-refractivity contribution in [2.75, 3.05) is 5.73 Å². The largest absolute Gasteiger partial charge is 0.429 e. The second-order valence-electron chi connectivity index (χ2n) is 4.28. The number of ether oxygens (including phenoxy) is 1. The second kappa shape index (κ2) is 4.90. The number of nitrogen functional groups attached to an aromatic ring is 1. The zero-order chi connectivity index (χ0) is 13.2. The highest BCUT2D eigenvalue weighted by atomic mass is 32.1. The molecule has 0 saturated heterocycles. The summed E-state index contributed by atoms with van der Waals surface area (Å²) < 4.78 is 6.89. The third kappa shape index (κ3) is 2.39. The van der Waals surface area contributed by atoms with Gasteiger partial charge in [-0.15, -0.1) is 0 Å². The van der Waals surface area contributed by atoms with Gasteiger partial charge in [-0.05, 0) is 36.2 Å². The predicted octanol–water partition coefficient (Wildman–Crippen LogP) is 4.23. The van der Waals surface area contributed by atoms with Crippen LogP contribution >= 0.6 is 11.3 Å². The van der Waals surface area contributed by atoms with Crippen LogP contribution in [0.3, 0.4) is 0 Å². The van der Waals surface area contributed by atoms with E-state index in [0.717, 1.165) is 16.6 Å². The van der Waals surface area contributed by atoms with Crippen LogP contribution in [0.2, 0.25) is 0 Å². The third-order valence-corrected chi connectivity index (χ3v) is 3.87. The van der Waals surface area contributed by atoms with Crippen molar-refractivity contribution >= 4 is 27.2 Å². The molecule has 0 unspecified atom stereocenters. The number of nitrogens with two attached hydrogens (primary N) is 1. The topological polar surface area (TPSA) is 48.1 Å². The summed E-state index contributed by atoms with van der Waals surface area (Å²) in [4.78, 5) is 4.43. The van der Waals surface area contributed by atoms with Crippen molar-refractivity contribution in [3.8, 4) is 10.9 Å². The molecule has 0 atom stereocenters. The third-order valence-electron chi connectivity index (χ3n) is 2.95. The molecule has 0 amide bonds. The molecule has 0 aliphatic carbocycles. The van der Waals surface area contributed by atoms with Gasteiger partial charge in [0.15, 0.2) is 5.75 Å². The van der Waals surface area contributed by atoms with E-state index in [1.807, 2.05) is 42.5 Å². The molecule has 0 aliphatic heterocycles. The molecule has 2 aromatic carbocycles. The summed E-state index contributed by atoms with van der Waals surface area (Å²) in [7, 11) is 0. The van der Waals surface area contributed by atoms with Crippen LogP contribution in [0.4, 0.5) is 5.69 Å². The van der Waals surface area contributed by atoms with E-state index >= 15 is 0 Å². The molecule has 2 N–H and O–H groups in total. The first-order valence-corrected chi connectivity index (χ1v) is 6.99. The van der Waals surface area contributed by atoms with E-state index in [0.29, 0.717) is 16.6 Å². The Labute approximate surface area is 115 Å². The van der Waals surface area contributed by atoms with Crippen LogP contribution in [0, 0.1) is 0 Å². The molecule has 3 nitrogen and oxygen atoms in total. The summed E-state index contributed by atoms with van der Waals surface area (Å²) >= 11 is 1.52. The van der Waals surface area contributed by atoms with E-state index in [1.54, 1.807) is 0 Å². The van der Waals surface area contributed by atoms with Gasteiger partial charge in [0.05, 0.1) is 15.9 Å². The number of hydrogen-bond acceptors (Lipinski definition) is 4. The Bertz CT molecular complexity index is 688. The molecule has 1 aromatic heterocycles. The van der Waals surface area contributed by atoms with E-state index in [-0.39, 0.29) is 0 Å². The average Bonchev–Trinajstić information content (AvgIpc) is 2.83. The summed E-state index contributed by atoms with van der Waals surface area (Å²) in [5.74, 6) is 0.663.